The maximum absolute atomic E-state index is 11.3. The Hall–Kier alpha value is -1.47. The van der Waals surface area contributed by atoms with Crippen LogP contribution in [0.15, 0.2) is 12.4 Å². The molecule has 1 fully saturated rings. The van der Waals surface area contributed by atoms with Crippen LogP contribution in [0, 0.1) is 0 Å². The molecule has 0 unspecified atom stereocenters. The fourth-order valence-corrected chi connectivity index (χ4v) is 1.63. The molecule has 0 aliphatic carbocycles. The van der Waals surface area contributed by atoms with Gasteiger partial charge in [0.1, 0.15) is 0 Å². The van der Waals surface area contributed by atoms with Crippen molar-refractivity contribution >= 4 is 18.7 Å². The third kappa shape index (κ3) is 2.48. The molecule has 0 spiro atoms. The van der Waals surface area contributed by atoms with E-state index in [2.05, 4.69) is 14.7 Å². The van der Waals surface area contributed by atoms with Crippen LogP contribution < -0.4 is 5.59 Å². The molecule has 1 aliphatic rings. The number of methoxy groups -OCH3 is 1. The van der Waals surface area contributed by atoms with E-state index in [-0.39, 0.29) is 5.69 Å². The molecule has 0 amide bonds. The standard InChI is InChI=1S/C12H17BN2O4/c1-11(2)12(3,4)19-13(18-11)9-7-14-8(6-15-9)10(16)17-5/h6-7H,1-5H3. The predicted molar refractivity (Wildman–Crippen MR) is 69.1 cm³/mol. The van der Waals surface area contributed by atoms with Gasteiger partial charge in [-0.25, -0.2) is 9.78 Å². The second-order valence-corrected chi connectivity index (χ2v) is 5.41. The zero-order valence-electron chi connectivity index (χ0n) is 11.8. The van der Waals surface area contributed by atoms with E-state index in [1.807, 2.05) is 27.7 Å². The molecule has 1 aromatic heterocycles. The first-order chi connectivity index (χ1) is 8.77. The molecule has 1 aliphatic heterocycles. The molecular formula is C12H17BN2O4. The highest BCUT2D eigenvalue weighted by Gasteiger charge is 2.52. The molecular weight excluding hydrogens is 247 g/mol. The number of esters is 1. The fourth-order valence-electron chi connectivity index (χ4n) is 1.63. The Morgan fingerprint density at radius 2 is 1.74 bits per heavy atom. The van der Waals surface area contributed by atoms with Gasteiger partial charge in [-0.3, -0.25) is 4.98 Å². The molecule has 102 valence electrons. The van der Waals surface area contributed by atoms with Crippen LogP contribution in [0.25, 0.3) is 0 Å². The van der Waals surface area contributed by atoms with Crippen LogP contribution in [-0.4, -0.2) is 41.4 Å². The van der Waals surface area contributed by atoms with Gasteiger partial charge in [-0.15, -0.1) is 0 Å². The van der Waals surface area contributed by atoms with Gasteiger partial charge in [0.05, 0.1) is 30.1 Å². The molecule has 2 heterocycles. The summed E-state index contributed by atoms with van der Waals surface area (Å²) in [4.78, 5) is 19.4. The number of hydrogen-bond acceptors (Lipinski definition) is 6. The summed E-state index contributed by atoms with van der Waals surface area (Å²) in [6, 6.07) is 0. The van der Waals surface area contributed by atoms with Gasteiger partial charge in [-0.05, 0) is 27.7 Å². The van der Waals surface area contributed by atoms with E-state index in [1.54, 1.807) is 0 Å². The lowest BCUT2D eigenvalue weighted by atomic mass is 9.85. The van der Waals surface area contributed by atoms with Gasteiger partial charge < -0.3 is 14.0 Å². The average molecular weight is 264 g/mol. The van der Waals surface area contributed by atoms with Crippen molar-refractivity contribution < 1.29 is 18.8 Å². The minimum absolute atomic E-state index is 0.155. The zero-order valence-corrected chi connectivity index (χ0v) is 11.8. The highest BCUT2D eigenvalue weighted by atomic mass is 16.7. The maximum atomic E-state index is 11.3. The van der Waals surface area contributed by atoms with Gasteiger partial charge in [0.15, 0.2) is 5.69 Å². The van der Waals surface area contributed by atoms with Gasteiger partial charge in [0.25, 0.3) is 0 Å². The molecule has 1 saturated heterocycles. The number of ether oxygens (including phenoxy) is 1. The Bertz CT molecular complexity index is 471. The van der Waals surface area contributed by atoms with E-state index < -0.39 is 24.3 Å². The summed E-state index contributed by atoms with van der Waals surface area (Å²) in [6.45, 7) is 7.85. The van der Waals surface area contributed by atoms with E-state index >= 15 is 0 Å². The van der Waals surface area contributed by atoms with Gasteiger partial charge in [0, 0.05) is 6.20 Å². The average Bonchev–Trinajstić information content (AvgIpc) is 2.58. The maximum Gasteiger partial charge on any atom is 0.516 e. The van der Waals surface area contributed by atoms with E-state index in [9.17, 15) is 4.79 Å². The summed E-state index contributed by atoms with van der Waals surface area (Å²) in [5.74, 6) is -0.520. The van der Waals surface area contributed by atoms with Crippen LogP contribution >= 0.6 is 0 Å². The topological polar surface area (TPSA) is 70.5 Å². The van der Waals surface area contributed by atoms with Crippen LogP contribution in [-0.2, 0) is 14.0 Å². The van der Waals surface area contributed by atoms with Crippen molar-refractivity contribution in [1.82, 2.24) is 9.97 Å². The minimum Gasteiger partial charge on any atom is -0.464 e. The molecule has 1 aromatic rings. The second kappa shape index (κ2) is 4.57. The Kier molecular flexibility index (Phi) is 3.36. The summed E-state index contributed by atoms with van der Waals surface area (Å²) < 4.78 is 16.2. The molecule has 0 saturated carbocycles. The van der Waals surface area contributed by atoms with Crippen LogP contribution in [0.3, 0.4) is 0 Å². The molecule has 2 rings (SSSR count). The number of aromatic nitrogens is 2. The zero-order chi connectivity index (χ0) is 14.3. The summed E-state index contributed by atoms with van der Waals surface area (Å²) in [7, 11) is 0.718. The van der Waals surface area contributed by atoms with Crippen LogP contribution in [0.2, 0.25) is 0 Å². The Morgan fingerprint density at radius 1 is 1.16 bits per heavy atom. The lowest BCUT2D eigenvalue weighted by molar-refractivity contribution is 0.00578. The monoisotopic (exact) mass is 264 g/mol. The van der Waals surface area contributed by atoms with Crippen molar-refractivity contribution in [2.45, 2.75) is 38.9 Å². The van der Waals surface area contributed by atoms with Crippen molar-refractivity contribution in [1.29, 1.82) is 0 Å². The van der Waals surface area contributed by atoms with Crippen LogP contribution in [0.1, 0.15) is 38.2 Å². The van der Waals surface area contributed by atoms with Gasteiger partial charge in [-0.1, -0.05) is 0 Å². The van der Waals surface area contributed by atoms with Crippen molar-refractivity contribution in [3.63, 3.8) is 0 Å². The van der Waals surface area contributed by atoms with E-state index in [0.717, 1.165) is 0 Å². The number of carbonyl (C=O) groups is 1. The molecule has 0 atom stereocenters. The smallest absolute Gasteiger partial charge is 0.464 e. The Morgan fingerprint density at radius 3 is 2.16 bits per heavy atom. The van der Waals surface area contributed by atoms with Crippen molar-refractivity contribution in [2.75, 3.05) is 7.11 Å². The first-order valence-electron chi connectivity index (χ1n) is 6.03. The Balaban J connectivity index is 2.19. The molecule has 0 bridgehead atoms. The number of nitrogens with zero attached hydrogens (tertiary/aromatic N) is 2. The van der Waals surface area contributed by atoms with Crippen molar-refractivity contribution in [3.8, 4) is 0 Å². The predicted octanol–water partition coefficient (Wildman–Crippen LogP) is 0.562. The summed E-state index contributed by atoms with van der Waals surface area (Å²) in [6.07, 6.45) is 2.82. The highest BCUT2D eigenvalue weighted by Crippen LogP contribution is 2.36. The number of carbonyl (C=O) groups excluding carboxylic acids is 1. The second-order valence-electron chi connectivity index (χ2n) is 5.41. The molecule has 0 radical (unpaired) electrons. The van der Waals surface area contributed by atoms with Crippen molar-refractivity contribution in [3.05, 3.63) is 18.1 Å². The largest absolute Gasteiger partial charge is 0.516 e. The summed E-state index contributed by atoms with van der Waals surface area (Å²) in [5, 5.41) is 0. The summed E-state index contributed by atoms with van der Waals surface area (Å²) >= 11 is 0. The summed E-state index contributed by atoms with van der Waals surface area (Å²) in [5.41, 5.74) is -0.171. The lowest BCUT2D eigenvalue weighted by Crippen LogP contribution is -2.41. The van der Waals surface area contributed by atoms with Gasteiger partial charge in [0.2, 0.25) is 0 Å². The third-order valence-corrected chi connectivity index (χ3v) is 3.56. The lowest BCUT2D eigenvalue weighted by Gasteiger charge is -2.32. The minimum atomic E-state index is -0.579. The number of rotatable bonds is 2. The quantitative estimate of drug-likeness (QED) is 0.574. The molecule has 19 heavy (non-hydrogen) atoms. The fraction of sp³-hybridized carbons (Fsp3) is 0.583. The molecule has 7 heteroatoms. The number of hydrogen-bond donors (Lipinski definition) is 0. The van der Waals surface area contributed by atoms with E-state index in [4.69, 9.17) is 9.31 Å². The first-order valence-corrected chi connectivity index (χ1v) is 6.03. The van der Waals surface area contributed by atoms with Gasteiger partial charge in [-0.2, -0.15) is 0 Å². The van der Waals surface area contributed by atoms with E-state index in [1.165, 1.54) is 19.5 Å². The van der Waals surface area contributed by atoms with Crippen molar-refractivity contribution in [2.24, 2.45) is 0 Å². The highest BCUT2D eigenvalue weighted by molar-refractivity contribution is 6.61. The normalized spacial score (nSPS) is 20.4. The Labute approximate surface area is 112 Å². The van der Waals surface area contributed by atoms with E-state index in [0.29, 0.717) is 5.59 Å². The molecule has 6 nitrogen and oxygen atoms in total. The van der Waals surface area contributed by atoms with Crippen LogP contribution in [0.5, 0.6) is 0 Å². The molecule has 0 aromatic carbocycles. The third-order valence-electron chi connectivity index (χ3n) is 3.56. The first kappa shape index (κ1) is 14.0. The van der Waals surface area contributed by atoms with Gasteiger partial charge >= 0.3 is 13.1 Å². The van der Waals surface area contributed by atoms with Crippen LogP contribution in [0.4, 0.5) is 0 Å². The SMILES string of the molecule is COC(=O)c1cnc(B2OC(C)(C)C(C)(C)O2)cn1. The molecule has 0 N–H and O–H groups in total.